The molecule has 0 spiro atoms. The summed E-state index contributed by atoms with van der Waals surface area (Å²) in [7, 11) is 0. The molecular formula is C20H27N5S. The Kier molecular flexibility index (Phi) is 5.82. The Morgan fingerprint density at radius 1 is 1.04 bits per heavy atom. The van der Waals surface area contributed by atoms with Crippen LogP contribution >= 0.6 is 11.8 Å². The molecule has 5 rings (SSSR count). The van der Waals surface area contributed by atoms with E-state index in [1.807, 2.05) is 24.7 Å². The molecule has 3 fully saturated rings. The van der Waals surface area contributed by atoms with Gasteiger partial charge in [0.05, 0.1) is 5.69 Å². The van der Waals surface area contributed by atoms with E-state index in [4.69, 9.17) is 0 Å². The van der Waals surface area contributed by atoms with Gasteiger partial charge in [0, 0.05) is 62.9 Å². The predicted molar refractivity (Wildman–Crippen MR) is 105 cm³/mol. The topological polar surface area (TPSA) is 45.2 Å². The molecule has 0 aliphatic carbocycles. The van der Waals surface area contributed by atoms with E-state index in [9.17, 15) is 0 Å². The minimum absolute atomic E-state index is 0.627. The third-order valence-corrected chi connectivity index (χ3v) is 6.11. The molecule has 2 aromatic heterocycles. The van der Waals surface area contributed by atoms with E-state index >= 15 is 0 Å². The lowest BCUT2D eigenvalue weighted by atomic mass is 9.95. The monoisotopic (exact) mass is 369 g/mol. The normalized spacial score (nSPS) is 23.9. The zero-order valence-corrected chi connectivity index (χ0v) is 16.2. The van der Waals surface area contributed by atoms with Crippen molar-refractivity contribution in [3.8, 4) is 0 Å². The average molecular weight is 370 g/mol. The van der Waals surface area contributed by atoms with E-state index in [2.05, 4.69) is 43.8 Å². The largest absolute Gasteiger partial charge is 0.296 e. The van der Waals surface area contributed by atoms with E-state index in [0.717, 1.165) is 36.5 Å². The van der Waals surface area contributed by atoms with Crippen LogP contribution in [0, 0.1) is 5.92 Å². The summed E-state index contributed by atoms with van der Waals surface area (Å²) in [5.41, 5.74) is 2.41. The van der Waals surface area contributed by atoms with Crippen LogP contribution in [0.25, 0.3) is 0 Å². The van der Waals surface area contributed by atoms with Crippen LogP contribution in [-0.2, 0) is 13.1 Å². The minimum atomic E-state index is 0.627. The number of thioether (sulfide) groups is 1. The van der Waals surface area contributed by atoms with Gasteiger partial charge in [-0.05, 0) is 36.6 Å². The van der Waals surface area contributed by atoms with Gasteiger partial charge in [0.2, 0.25) is 0 Å². The van der Waals surface area contributed by atoms with Crippen LogP contribution in [0.4, 0.5) is 0 Å². The smallest absolute Gasteiger partial charge is 0.187 e. The van der Waals surface area contributed by atoms with E-state index < -0.39 is 0 Å². The van der Waals surface area contributed by atoms with Gasteiger partial charge in [-0.25, -0.2) is 9.97 Å². The molecule has 138 valence electrons. The van der Waals surface area contributed by atoms with Crippen LogP contribution in [0.5, 0.6) is 0 Å². The third kappa shape index (κ3) is 4.42. The number of hydrogen-bond donors (Lipinski definition) is 0. The summed E-state index contributed by atoms with van der Waals surface area (Å²) in [6, 6.07) is 6.84. The molecular weight excluding hydrogens is 342 g/mol. The molecule has 2 bridgehead atoms. The van der Waals surface area contributed by atoms with Crippen molar-refractivity contribution in [1.29, 1.82) is 0 Å². The van der Waals surface area contributed by atoms with Crippen molar-refractivity contribution in [2.24, 2.45) is 5.92 Å². The number of rotatable bonds is 6. The summed E-state index contributed by atoms with van der Waals surface area (Å²) in [6.45, 7) is 7.58. The maximum atomic E-state index is 4.51. The van der Waals surface area contributed by atoms with Gasteiger partial charge < -0.3 is 0 Å². The second-order valence-corrected chi connectivity index (χ2v) is 8.58. The molecule has 0 N–H and O–H groups in total. The lowest BCUT2D eigenvalue weighted by Gasteiger charge is -2.36. The quantitative estimate of drug-likeness (QED) is 0.576. The Balaban J connectivity index is 1.40. The maximum absolute atomic E-state index is 4.51. The highest BCUT2D eigenvalue weighted by molar-refractivity contribution is 7.99. The summed E-state index contributed by atoms with van der Waals surface area (Å²) in [5.74, 6) is 1.77. The number of aromatic nitrogens is 3. The summed E-state index contributed by atoms with van der Waals surface area (Å²) >= 11 is 1.70. The Morgan fingerprint density at radius 3 is 2.69 bits per heavy atom. The third-order valence-electron chi connectivity index (χ3n) is 5.36. The van der Waals surface area contributed by atoms with Crippen LogP contribution in [0.1, 0.15) is 31.0 Å². The number of fused-ring (bicyclic) bond motifs is 4. The maximum Gasteiger partial charge on any atom is 0.187 e. The molecule has 0 radical (unpaired) electrons. The second kappa shape index (κ2) is 8.46. The number of hydrogen-bond acceptors (Lipinski definition) is 6. The van der Waals surface area contributed by atoms with Gasteiger partial charge in [-0.15, -0.1) is 0 Å². The summed E-state index contributed by atoms with van der Waals surface area (Å²) in [5, 5.41) is 0.884. The van der Waals surface area contributed by atoms with Crippen LogP contribution in [0.2, 0.25) is 0 Å². The van der Waals surface area contributed by atoms with Crippen LogP contribution in [-0.4, -0.2) is 56.2 Å². The highest BCUT2D eigenvalue weighted by Crippen LogP contribution is 2.29. The van der Waals surface area contributed by atoms with E-state index in [0.29, 0.717) is 6.04 Å². The molecule has 3 aliphatic rings. The average Bonchev–Trinajstić information content (AvgIpc) is 2.95. The zero-order valence-electron chi connectivity index (χ0n) is 15.4. The number of nitrogens with zero attached hydrogens (tertiary/aromatic N) is 5. The molecule has 2 atom stereocenters. The van der Waals surface area contributed by atoms with Crippen molar-refractivity contribution in [3.63, 3.8) is 0 Å². The molecule has 0 amide bonds. The first-order valence-corrected chi connectivity index (χ1v) is 10.6. The summed E-state index contributed by atoms with van der Waals surface area (Å²) in [6.07, 6.45) is 8.56. The van der Waals surface area contributed by atoms with Gasteiger partial charge in [-0.1, -0.05) is 24.8 Å². The number of pyridine rings is 1. The number of piperidine rings is 1. The lowest BCUT2D eigenvalue weighted by Crippen LogP contribution is -2.43. The van der Waals surface area contributed by atoms with Gasteiger partial charge >= 0.3 is 0 Å². The first-order chi connectivity index (χ1) is 12.8. The van der Waals surface area contributed by atoms with Crippen molar-refractivity contribution in [3.05, 3.63) is 48.0 Å². The molecule has 5 heterocycles. The van der Waals surface area contributed by atoms with Crippen molar-refractivity contribution >= 4 is 11.8 Å². The fraction of sp³-hybridized carbons (Fsp3) is 0.550. The molecule has 2 aromatic rings. The lowest BCUT2D eigenvalue weighted by molar-refractivity contribution is 0.122. The highest BCUT2D eigenvalue weighted by atomic mass is 32.2. The van der Waals surface area contributed by atoms with Gasteiger partial charge in [0.15, 0.2) is 5.16 Å². The van der Waals surface area contributed by atoms with Gasteiger partial charge in [0.1, 0.15) is 0 Å². The molecule has 3 saturated heterocycles. The molecule has 0 aromatic carbocycles. The molecule has 0 saturated carbocycles. The Bertz CT molecular complexity index is 693. The van der Waals surface area contributed by atoms with Crippen LogP contribution in [0.15, 0.2) is 41.9 Å². The first-order valence-electron chi connectivity index (χ1n) is 9.60. The van der Waals surface area contributed by atoms with Gasteiger partial charge in [-0.2, -0.15) is 0 Å². The molecule has 0 unspecified atom stereocenters. The van der Waals surface area contributed by atoms with Crippen molar-refractivity contribution in [1.82, 2.24) is 24.8 Å². The minimum Gasteiger partial charge on any atom is -0.296 e. The Labute approximate surface area is 160 Å². The van der Waals surface area contributed by atoms with E-state index in [1.165, 1.54) is 37.2 Å². The molecule has 3 aliphatic heterocycles. The molecule has 6 heteroatoms. The summed E-state index contributed by atoms with van der Waals surface area (Å²) < 4.78 is 0. The fourth-order valence-electron chi connectivity index (χ4n) is 4.18. The van der Waals surface area contributed by atoms with Crippen molar-refractivity contribution < 1.29 is 0 Å². The standard InChI is InChI=1S/C20H27N5S/c1-2-26-20-22-9-17(10-23-20)13-25-12-16-6-7-19(25)15-24(11-16)14-18-5-3-4-8-21-18/h3-5,8-10,16,19H,2,6-7,11-15H2,1H3/t16-,19+/m0/s1. The fourth-order valence-corrected chi connectivity index (χ4v) is 4.70. The first kappa shape index (κ1) is 17.9. The zero-order chi connectivity index (χ0) is 17.8. The second-order valence-electron chi connectivity index (χ2n) is 7.35. The summed E-state index contributed by atoms with van der Waals surface area (Å²) in [4.78, 5) is 18.8. The van der Waals surface area contributed by atoms with Crippen LogP contribution in [0.3, 0.4) is 0 Å². The Hall–Kier alpha value is -1.50. The highest BCUT2D eigenvalue weighted by Gasteiger charge is 2.34. The van der Waals surface area contributed by atoms with Gasteiger partial charge in [-0.3, -0.25) is 14.8 Å². The van der Waals surface area contributed by atoms with Crippen molar-refractivity contribution in [2.45, 2.75) is 44.1 Å². The Morgan fingerprint density at radius 2 is 1.92 bits per heavy atom. The molecule has 26 heavy (non-hydrogen) atoms. The predicted octanol–water partition coefficient (Wildman–Crippen LogP) is 3.08. The SMILES string of the molecule is CCSc1ncc(CN2C[C@H]3CC[C@@H]2CN(Cc2ccccn2)C3)cn1. The van der Waals surface area contributed by atoms with Crippen LogP contribution < -0.4 is 0 Å². The van der Waals surface area contributed by atoms with E-state index in [1.54, 1.807) is 11.8 Å². The van der Waals surface area contributed by atoms with Gasteiger partial charge in [0.25, 0.3) is 0 Å². The molecule has 5 nitrogen and oxygen atoms in total. The van der Waals surface area contributed by atoms with E-state index in [-0.39, 0.29) is 0 Å². The van der Waals surface area contributed by atoms with Crippen molar-refractivity contribution in [2.75, 3.05) is 25.4 Å².